The van der Waals surface area contributed by atoms with Gasteiger partial charge in [0.25, 0.3) is 0 Å². The molecule has 20 heavy (non-hydrogen) atoms. The molecule has 0 radical (unpaired) electrons. The Morgan fingerprint density at radius 2 is 2.20 bits per heavy atom. The third-order valence-corrected chi connectivity index (χ3v) is 5.45. The summed E-state index contributed by atoms with van der Waals surface area (Å²) in [6.45, 7) is 1.52. The molecule has 1 aliphatic rings. The molecule has 0 unspecified atom stereocenters. The smallest absolute Gasteiger partial charge is 0.233 e. The first-order valence-electron chi connectivity index (χ1n) is 6.48. The van der Waals surface area contributed by atoms with Crippen molar-refractivity contribution >= 4 is 29.0 Å². The number of thioether (sulfide) groups is 1. The van der Waals surface area contributed by atoms with Gasteiger partial charge >= 0.3 is 0 Å². The second-order valence-electron chi connectivity index (χ2n) is 4.69. The molecule has 0 spiro atoms. The van der Waals surface area contributed by atoms with Gasteiger partial charge in [0.15, 0.2) is 0 Å². The Labute approximate surface area is 126 Å². The zero-order chi connectivity index (χ0) is 13.9. The predicted octanol–water partition coefficient (Wildman–Crippen LogP) is 3.13. The van der Waals surface area contributed by atoms with Crippen LogP contribution < -0.4 is 0 Å². The molecule has 1 aliphatic heterocycles. The first-order chi connectivity index (χ1) is 9.74. The van der Waals surface area contributed by atoms with E-state index in [1.165, 1.54) is 22.2 Å². The molecule has 3 rings (SSSR count). The SMILES string of the molecule is O=C(CSc1ccccc1O)N1CCc2sccc2C1. The zero-order valence-corrected chi connectivity index (χ0v) is 12.5. The first kappa shape index (κ1) is 13.5. The van der Waals surface area contributed by atoms with Crippen LogP contribution in [0.15, 0.2) is 40.6 Å². The van der Waals surface area contributed by atoms with Gasteiger partial charge in [-0.25, -0.2) is 0 Å². The molecule has 2 aromatic rings. The van der Waals surface area contributed by atoms with Gasteiger partial charge < -0.3 is 10.0 Å². The summed E-state index contributed by atoms with van der Waals surface area (Å²) in [5, 5.41) is 11.8. The number of carbonyl (C=O) groups excluding carboxylic acids is 1. The molecule has 0 saturated heterocycles. The summed E-state index contributed by atoms with van der Waals surface area (Å²) in [6, 6.07) is 9.23. The van der Waals surface area contributed by atoms with E-state index in [0.29, 0.717) is 5.75 Å². The minimum atomic E-state index is 0.134. The Balaban J connectivity index is 1.59. The van der Waals surface area contributed by atoms with Crippen molar-refractivity contribution in [2.75, 3.05) is 12.3 Å². The van der Waals surface area contributed by atoms with Crippen LogP contribution in [0.1, 0.15) is 10.4 Å². The fraction of sp³-hybridized carbons (Fsp3) is 0.267. The van der Waals surface area contributed by atoms with Crippen LogP contribution in [0.2, 0.25) is 0 Å². The second-order valence-corrected chi connectivity index (χ2v) is 6.71. The molecule has 0 bridgehead atoms. The summed E-state index contributed by atoms with van der Waals surface area (Å²) < 4.78 is 0. The van der Waals surface area contributed by atoms with E-state index in [-0.39, 0.29) is 11.7 Å². The van der Waals surface area contributed by atoms with Crippen molar-refractivity contribution in [3.63, 3.8) is 0 Å². The number of rotatable bonds is 3. The molecule has 0 fully saturated rings. The standard InChI is InChI=1S/C15H15NO2S2/c17-12-3-1-2-4-14(12)20-10-15(18)16-7-5-13-11(9-16)6-8-19-13/h1-4,6,8,17H,5,7,9-10H2. The summed E-state index contributed by atoms with van der Waals surface area (Å²) in [4.78, 5) is 16.3. The molecular formula is C15H15NO2S2. The normalized spacial score (nSPS) is 14.1. The maximum atomic E-state index is 12.2. The van der Waals surface area contributed by atoms with Crippen LogP contribution in [-0.4, -0.2) is 28.2 Å². The lowest BCUT2D eigenvalue weighted by Crippen LogP contribution is -2.36. The van der Waals surface area contributed by atoms with Gasteiger partial charge in [-0.3, -0.25) is 4.79 Å². The number of phenolic OH excluding ortho intramolecular Hbond substituents is 1. The number of hydrogen-bond donors (Lipinski definition) is 1. The van der Waals surface area contributed by atoms with Crippen molar-refractivity contribution in [2.45, 2.75) is 17.9 Å². The van der Waals surface area contributed by atoms with Gasteiger partial charge in [0, 0.05) is 22.9 Å². The number of nitrogens with zero attached hydrogens (tertiary/aromatic N) is 1. The molecule has 1 N–H and O–H groups in total. The number of aromatic hydroxyl groups is 1. The molecule has 2 heterocycles. The van der Waals surface area contributed by atoms with Crippen LogP contribution >= 0.6 is 23.1 Å². The summed E-state index contributed by atoms with van der Waals surface area (Å²) in [5.74, 6) is 0.746. The van der Waals surface area contributed by atoms with Crippen LogP contribution in [0.4, 0.5) is 0 Å². The van der Waals surface area contributed by atoms with Crippen molar-refractivity contribution in [2.24, 2.45) is 0 Å². The van der Waals surface area contributed by atoms with Gasteiger partial charge in [0.05, 0.1) is 5.75 Å². The number of hydrogen-bond acceptors (Lipinski definition) is 4. The minimum absolute atomic E-state index is 0.134. The van der Waals surface area contributed by atoms with Crippen molar-refractivity contribution in [1.29, 1.82) is 0 Å². The van der Waals surface area contributed by atoms with Crippen molar-refractivity contribution in [3.05, 3.63) is 46.2 Å². The topological polar surface area (TPSA) is 40.5 Å². The Bertz CT molecular complexity index is 624. The number of phenols is 1. The molecule has 1 amide bonds. The van der Waals surface area contributed by atoms with E-state index in [0.717, 1.165) is 24.4 Å². The highest BCUT2D eigenvalue weighted by atomic mass is 32.2. The van der Waals surface area contributed by atoms with E-state index in [1.807, 2.05) is 17.0 Å². The van der Waals surface area contributed by atoms with E-state index in [4.69, 9.17) is 0 Å². The second kappa shape index (κ2) is 5.89. The Morgan fingerprint density at radius 1 is 1.35 bits per heavy atom. The highest BCUT2D eigenvalue weighted by Crippen LogP contribution is 2.29. The number of carbonyl (C=O) groups is 1. The molecule has 3 nitrogen and oxygen atoms in total. The lowest BCUT2D eigenvalue weighted by atomic mass is 10.1. The summed E-state index contributed by atoms with van der Waals surface area (Å²) in [7, 11) is 0. The lowest BCUT2D eigenvalue weighted by molar-refractivity contribution is -0.129. The van der Waals surface area contributed by atoms with Gasteiger partial charge in [-0.15, -0.1) is 23.1 Å². The molecule has 0 atom stereocenters. The lowest BCUT2D eigenvalue weighted by Gasteiger charge is -2.27. The fourth-order valence-electron chi connectivity index (χ4n) is 2.27. The van der Waals surface area contributed by atoms with Crippen LogP contribution in [0, 0.1) is 0 Å². The van der Waals surface area contributed by atoms with Crippen molar-refractivity contribution in [3.8, 4) is 5.75 Å². The Hall–Kier alpha value is -1.46. The van der Waals surface area contributed by atoms with Crippen LogP contribution in [0.5, 0.6) is 5.75 Å². The van der Waals surface area contributed by atoms with Crippen LogP contribution in [0.25, 0.3) is 0 Å². The number of amides is 1. The zero-order valence-electron chi connectivity index (χ0n) is 10.9. The number of para-hydroxylation sites is 1. The monoisotopic (exact) mass is 305 g/mol. The Kier molecular flexibility index (Phi) is 3.98. The predicted molar refractivity (Wildman–Crippen MR) is 82.3 cm³/mol. The summed E-state index contributed by atoms with van der Waals surface area (Å²) in [6.07, 6.45) is 0.958. The molecule has 0 aliphatic carbocycles. The van der Waals surface area contributed by atoms with E-state index < -0.39 is 0 Å². The number of benzene rings is 1. The molecule has 1 aromatic heterocycles. The molecule has 104 valence electrons. The number of thiophene rings is 1. The van der Waals surface area contributed by atoms with Crippen LogP contribution in [0.3, 0.4) is 0 Å². The summed E-state index contributed by atoms with van der Waals surface area (Å²) >= 11 is 3.17. The van der Waals surface area contributed by atoms with Gasteiger partial charge in [-0.1, -0.05) is 12.1 Å². The van der Waals surface area contributed by atoms with Crippen molar-refractivity contribution in [1.82, 2.24) is 4.90 Å². The third-order valence-electron chi connectivity index (χ3n) is 3.38. The quantitative estimate of drug-likeness (QED) is 0.886. The van der Waals surface area contributed by atoms with Crippen LogP contribution in [-0.2, 0) is 17.8 Å². The minimum Gasteiger partial charge on any atom is -0.507 e. The maximum Gasteiger partial charge on any atom is 0.233 e. The average Bonchev–Trinajstić information content (AvgIpc) is 2.93. The van der Waals surface area contributed by atoms with Gasteiger partial charge in [-0.05, 0) is 35.6 Å². The molecule has 5 heteroatoms. The van der Waals surface area contributed by atoms with Gasteiger partial charge in [0.1, 0.15) is 5.75 Å². The van der Waals surface area contributed by atoms with Gasteiger partial charge in [0.2, 0.25) is 5.91 Å². The highest BCUT2D eigenvalue weighted by Gasteiger charge is 2.21. The first-order valence-corrected chi connectivity index (χ1v) is 8.34. The van der Waals surface area contributed by atoms with E-state index in [2.05, 4.69) is 11.4 Å². The fourth-order valence-corrected chi connectivity index (χ4v) is 4.01. The Morgan fingerprint density at radius 3 is 3.05 bits per heavy atom. The molecule has 1 aromatic carbocycles. The van der Waals surface area contributed by atoms with E-state index in [1.54, 1.807) is 23.5 Å². The molecular weight excluding hydrogens is 290 g/mol. The van der Waals surface area contributed by atoms with E-state index >= 15 is 0 Å². The van der Waals surface area contributed by atoms with Gasteiger partial charge in [-0.2, -0.15) is 0 Å². The number of fused-ring (bicyclic) bond motifs is 1. The highest BCUT2D eigenvalue weighted by molar-refractivity contribution is 8.00. The maximum absolute atomic E-state index is 12.2. The van der Waals surface area contributed by atoms with E-state index in [9.17, 15) is 9.90 Å². The third kappa shape index (κ3) is 2.83. The average molecular weight is 305 g/mol. The largest absolute Gasteiger partial charge is 0.507 e. The summed E-state index contributed by atoms with van der Waals surface area (Å²) in [5.41, 5.74) is 1.28. The van der Waals surface area contributed by atoms with Crippen molar-refractivity contribution < 1.29 is 9.90 Å². The molecule has 0 saturated carbocycles.